The van der Waals surface area contributed by atoms with E-state index in [1.54, 1.807) is 11.3 Å². The highest BCUT2D eigenvalue weighted by Crippen LogP contribution is 2.27. The van der Waals surface area contributed by atoms with Crippen molar-refractivity contribution in [3.05, 3.63) is 28.2 Å². The predicted octanol–water partition coefficient (Wildman–Crippen LogP) is 2.17. The first kappa shape index (κ1) is 10.4. The molecule has 3 nitrogen and oxygen atoms in total. The third kappa shape index (κ3) is 1.96. The summed E-state index contributed by atoms with van der Waals surface area (Å²) in [7, 11) is 1.96. The standard InChI is InChI=1S/C11H15N3S/c1-3-11-10(6-14(2)13-11)8-4-9(5-12)15-7-8/h4,6-7H,3,5,12H2,1-2H3. The number of hydrogen-bond donors (Lipinski definition) is 1. The van der Waals surface area contributed by atoms with E-state index in [0.717, 1.165) is 12.1 Å². The summed E-state index contributed by atoms with van der Waals surface area (Å²) in [5, 5.41) is 6.58. The number of nitrogens with zero attached hydrogens (tertiary/aromatic N) is 2. The van der Waals surface area contributed by atoms with E-state index >= 15 is 0 Å². The molecule has 0 saturated heterocycles. The minimum atomic E-state index is 0.617. The zero-order valence-corrected chi connectivity index (χ0v) is 9.84. The normalized spacial score (nSPS) is 10.9. The SMILES string of the molecule is CCc1nn(C)cc1-c1csc(CN)c1. The van der Waals surface area contributed by atoms with Crippen LogP contribution in [0.15, 0.2) is 17.6 Å². The van der Waals surface area contributed by atoms with Gasteiger partial charge in [0, 0.05) is 30.2 Å². The molecule has 2 rings (SSSR count). The van der Waals surface area contributed by atoms with E-state index in [1.807, 2.05) is 11.7 Å². The van der Waals surface area contributed by atoms with Crippen molar-refractivity contribution >= 4 is 11.3 Å². The van der Waals surface area contributed by atoms with Crippen LogP contribution in [-0.4, -0.2) is 9.78 Å². The monoisotopic (exact) mass is 221 g/mol. The fraction of sp³-hybridized carbons (Fsp3) is 0.364. The second-order valence-corrected chi connectivity index (χ2v) is 4.52. The van der Waals surface area contributed by atoms with Crippen LogP contribution in [0.1, 0.15) is 17.5 Å². The largest absolute Gasteiger partial charge is 0.326 e. The molecule has 0 amide bonds. The predicted molar refractivity (Wildman–Crippen MR) is 63.8 cm³/mol. The smallest absolute Gasteiger partial charge is 0.0700 e. The van der Waals surface area contributed by atoms with Gasteiger partial charge in [0.1, 0.15) is 0 Å². The van der Waals surface area contributed by atoms with Gasteiger partial charge in [-0.05, 0) is 23.4 Å². The molecule has 0 fully saturated rings. The Bertz CT molecular complexity index is 456. The first-order valence-electron chi connectivity index (χ1n) is 5.05. The highest BCUT2D eigenvalue weighted by Gasteiger charge is 2.09. The van der Waals surface area contributed by atoms with Crippen molar-refractivity contribution in [1.29, 1.82) is 0 Å². The molecule has 2 N–H and O–H groups in total. The maximum atomic E-state index is 5.61. The Kier molecular flexibility index (Phi) is 2.88. The van der Waals surface area contributed by atoms with Crippen LogP contribution in [0.25, 0.3) is 11.1 Å². The van der Waals surface area contributed by atoms with Crippen molar-refractivity contribution in [3.8, 4) is 11.1 Å². The molecular formula is C11H15N3S. The molecule has 2 heterocycles. The first-order valence-corrected chi connectivity index (χ1v) is 5.93. The summed E-state index contributed by atoms with van der Waals surface area (Å²) < 4.78 is 1.87. The molecule has 80 valence electrons. The molecule has 15 heavy (non-hydrogen) atoms. The summed E-state index contributed by atoms with van der Waals surface area (Å²) in [6.07, 6.45) is 3.03. The summed E-state index contributed by atoms with van der Waals surface area (Å²) in [5.74, 6) is 0. The molecule has 0 atom stereocenters. The van der Waals surface area contributed by atoms with Crippen LogP contribution < -0.4 is 5.73 Å². The van der Waals surface area contributed by atoms with Crippen LogP contribution in [0.5, 0.6) is 0 Å². The molecule has 2 aromatic rings. The number of aryl methyl sites for hydroxylation is 2. The number of nitrogens with two attached hydrogens (primary N) is 1. The minimum Gasteiger partial charge on any atom is -0.326 e. The van der Waals surface area contributed by atoms with E-state index in [4.69, 9.17) is 5.73 Å². The number of thiophene rings is 1. The summed E-state index contributed by atoms with van der Waals surface area (Å²) in [6, 6.07) is 2.15. The van der Waals surface area contributed by atoms with Gasteiger partial charge in [-0.1, -0.05) is 6.92 Å². The molecule has 0 saturated carbocycles. The Morgan fingerprint density at radius 3 is 2.93 bits per heavy atom. The van der Waals surface area contributed by atoms with E-state index in [1.165, 1.54) is 16.0 Å². The maximum absolute atomic E-state index is 5.61. The lowest BCUT2D eigenvalue weighted by atomic mass is 10.1. The Labute approximate surface area is 93.5 Å². The van der Waals surface area contributed by atoms with Crippen molar-refractivity contribution in [2.45, 2.75) is 19.9 Å². The highest BCUT2D eigenvalue weighted by atomic mass is 32.1. The molecule has 2 aromatic heterocycles. The van der Waals surface area contributed by atoms with E-state index in [2.05, 4.69) is 29.7 Å². The lowest BCUT2D eigenvalue weighted by Gasteiger charge is -1.94. The van der Waals surface area contributed by atoms with Gasteiger partial charge in [0.25, 0.3) is 0 Å². The summed E-state index contributed by atoms with van der Waals surface area (Å²) in [5.41, 5.74) is 9.23. The Morgan fingerprint density at radius 1 is 1.53 bits per heavy atom. The fourth-order valence-corrected chi connectivity index (χ4v) is 2.43. The van der Waals surface area contributed by atoms with Gasteiger partial charge >= 0.3 is 0 Å². The van der Waals surface area contributed by atoms with Crippen molar-refractivity contribution < 1.29 is 0 Å². The van der Waals surface area contributed by atoms with E-state index in [-0.39, 0.29) is 0 Å². The molecule has 0 spiro atoms. The quantitative estimate of drug-likeness (QED) is 0.863. The molecule has 0 aromatic carbocycles. The van der Waals surface area contributed by atoms with Gasteiger partial charge in [0.2, 0.25) is 0 Å². The molecule has 0 unspecified atom stereocenters. The molecule has 0 aliphatic heterocycles. The molecule has 0 radical (unpaired) electrons. The second kappa shape index (κ2) is 4.16. The molecule has 0 aliphatic carbocycles. The zero-order chi connectivity index (χ0) is 10.8. The van der Waals surface area contributed by atoms with Crippen LogP contribution in [-0.2, 0) is 20.0 Å². The van der Waals surface area contributed by atoms with E-state index in [9.17, 15) is 0 Å². The van der Waals surface area contributed by atoms with Gasteiger partial charge in [-0.2, -0.15) is 5.10 Å². The van der Waals surface area contributed by atoms with Crippen LogP contribution in [0.2, 0.25) is 0 Å². The molecule has 4 heteroatoms. The Hall–Kier alpha value is -1.13. The van der Waals surface area contributed by atoms with Crippen molar-refractivity contribution in [2.75, 3.05) is 0 Å². The lowest BCUT2D eigenvalue weighted by molar-refractivity contribution is 0.746. The second-order valence-electron chi connectivity index (χ2n) is 3.52. The van der Waals surface area contributed by atoms with Crippen LogP contribution >= 0.6 is 11.3 Å². The van der Waals surface area contributed by atoms with Gasteiger partial charge in [0.05, 0.1) is 5.69 Å². The highest BCUT2D eigenvalue weighted by molar-refractivity contribution is 7.10. The van der Waals surface area contributed by atoms with Crippen molar-refractivity contribution in [1.82, 2.24) is 9.78 Å². The van der Waals surface area contributed by atoms with Gasteiger partial charge < -0.3 is 5.73 Å². The third-order valence-corrected chi connectivity index (χ3v) is 3.37. The van der Waals surface area contributed by atoms with Crippen LogP contribution in [0.3, 0.4) is 0 Å². The van der Waals surface area contributed by atoms with Gasteiger partial charge in [-0.3, -0.25) is 4.68 Å². The zero-order valence-electron chi connectivity index (χ0n) is 9.03. The lowest BCUT2D eigenvalue weighted by Crippen LogP contribution is -1.91. The fourth-order valence-electron chi connectivity index (χ4n) is 1.67. The van der Waals surface area contributed by atoms with Gasteiger partial charge in [0.15, 0.2) is 0 Å². The average Bonchev–Trinajstić information content (AvgIpc) is 2.82. The summed E-state index contributed by atoms with van der Waals surface area (Å²) >= 11 is 1.71. The van der Waals surface area contributed by atoms with E-state index < -0.39 is 0 Å². The maximum Gasteiger partial charge on any atom is 0.0700 e. The van der Waals surface area contributed by atoms with Gasteiger partial charge in [-0.15, -0.1) is 11.3 Å². The summed E-state index contributed by atoms with van der Waals surface area (Å²) in [6.45, 7) is 2.74. The molecular weight excluding hydrogens is 206 g/mol. The Morgan fingerprint density at radius 2 is 2.33 bits per heavy atom. The summed E-state index contributed by atoms with van der Waals surface area (Å²) in [4.78, 5) is 1.22. The first-order chi connectivity index (χ1) is 7.24. The molecule has 0 bridgehead atoms. The van der Waals surface area contributed by atoms with Crippen molar-refractivity contribution in [3.63, 3.8) is 0 Å². The number of rotatable bonds is 3. The van der Waals surface area contributed by atoms with Crippen molar-refractivity contribution in [2.24, 2.45) is 12.8 Å². The van der Waals surface area contributed by atoms with E-state index in [0.29, 0.717) is 6.54 Å². The number of hydrogen-bond acceptors (Lipinski definition) is 3. The molecule has 0 aliphatic rings. The topological polar surface area (TPSA) is 43.8 Å². The minimum absolute atomic E-state index is 0.617. The Balaban J connectivity index is 2.43. The third-order valence-electron chi connectivity index (χ3n) is 2.41. The van der Waals surface area contributed by atoms with Crippen LogP contribution in [0.4, 0.5) is 0 Å². The van der Waals surface area contributed by atoms with Crippen LogP contribution in [0, 0.1) is 0 Å². The average molecular weight is 221 g/mol. The van der Waals surface area contributed by atoms with Gasteiger partial charge in [-0.25, -0.2) is 0 Å². The number of aromatic nitrogens is 2.